The fraction of sp³-hybridized carbons (Fsp3) is 0.767. The molecule has 4 atom stereocenters. The molecule has 1 heterocycles. The summed E-state index contributed by atoms with van der Waals surface area (Å²) in [6.45, 7) is 9.63. The van der Waals surface area contributed by atoms with E-state index in [2.05, 4.69) is 16.0 Å². The van der Waals surface area contributed by atoms with Crippen molar-refractivity contribution in [2.75, 3.05) is 13.2 Å². The number of urea groups is 1. The molecule has 0 radical (unpaired) electrons. The molecule has 2 fully saturated rings. The Hall–Kier alpha value is -2.95. The lowest BCUT2D eigenvalue weighted by Crippen LogP contribution is -2.63. The summed E-state index contributed by atoms with van der Waals surface area (Å²) in [5.41, 5.74) is 3.83. The number of nitrogens with two attached hydrogens (primary N) is 1. The number of aliphatic hydroxyl groups excluding tert-OH is 1. The van der Waals surface area contributed by atoms with Crippen LogP contribution in [0.1, 0.15) is 86.0 Å². The number of ketones is 1. The van der Waals surface area contributed by atoms with Crippen LogP contribution < -0.4 is 21.7 Å². The number of likely N-dealkylation sites (tertiary alicyclic amines) is 1. The second-order valence-electron chi connectivity index (χ2n) is 13.5. The van der Waals surface area contributed by atoms with E-state index in [4.69, 9.17) is 5.73 Å². The van der Waals surface area contributed by atoms with Gasteiger partial charge in [0.2, 0.25) is 17.6 Å². The molecule has 0 bridgehead atoms. The molecule has 0 spiro atoms. The van der Waals surface area contributed by atoms with Crippen LogP contribution in [0.5, 0.6) is 0 Å². The predicted octanol–water partition coefficient (Wildman–Crippen LogP) is 1.77. The van der Waals surface area contributed by atoms with Gasteiger partial charge in [-0.05, 0) is 48.9 Å². The van der Waals surface area contributed by atoms with Gasteiger partial charge in [-0.2, -0.15) is 0 Å². The van der Waals surface area contributed by atoms with E-state index >= 15 is 0 Å². The highest BCUT2D eigenvalue weighted by Gasteiger charge is 2.48. The standard InChI is InChI=1S/C30H49N5O6/c1-18(2)20-12-15-35(22(20)26(39)32-21(16-19-10-11-19)23(37)25(31)38)27(40)24(29(3,4)5)33-28(41)34-30(17-36)13-8-6-7-9-14-30/h10-11,18-22,24,36H,6-9,12-17H2,1-5H3,(H2,31,38)(H,32,39)(H2,33,34,41)/t20-,21?,22?,24?/m1/s1. The number of carbonyl (C=O) groups is 5. The zero-order chi connectivity index (χ0) is 30.5. The maximum Gasteiger partial charge on any atom is 0.315 e. The van der Waals surface area contributed by atoms with Crippen molar-refractivity contribution in [3.63, 3.8) is 0 Å². The first-order chi connectivity index (χ1) is 19.2. The van der Waals surface area contributed by atoms with E-state index in [1.807, 2.05) is 46.8 Å². The van der Waals surface area contributed by atoms with Crippen LogP contribution in [0, 0.1) is 23.2 Å². The smallest absolute Gasteiger partial charge is 0.315 e. The predicted molar refractivity (Wildman–Crippen MR) is 154 cm³/mol. The monoisotopic (exact) mass is 575 g/mol. The summed E-state index contributed by atoms with van der Waals surface area (Å²) >= 11 is 0. The van der Waals surface area contributed by atoms with Gasteiger partial charge in [-0.15, -0.1) is 0 Å². The summed E-state index contributed by atoms with van der Waals surface area (Å²) in [6.07, 6.45) is 9.79. The average molecular weight is 576 g/mol. The minimum atomic E-state index is -1.12. The molecule has 230 valence electrons. The summed E-state index contributed by atoms with van der Waals surface area (Å²) < 4.78 is 0. The molecule has 3 unspecified atom stereocenters. The van der Waals surface area contributed by atoms with Gasteiger partial charge in [0, 0.05) is 6.54 Å². The van der Waals surface area contributed by atoms with Crippen molar-refractivity contribution >= 4 is 29.5 Å². The molecule has 41 heavy (non-hydrogen) atoms. The van der Waals surface area contributed by atoms with Crippen LogP contribution in [0.25, 0.3) is 0 Å². The van der Waals surface area contributed by atoms with E-state index in [9.17, 15) is 29.1 Å². The van der Waals surface area contributed by atoms with Gasteiger partial charge in [0.05, 0.1) is 18.2 Å². The largest absolute Gasteiger partial charge is 0.394 e. The molecule has 3 rings (SSSR count). The van der Waals surface area contributed by atoms with Crippen molar-refractivity contribution in [2.45, 2.75) is 110 Å². The molecular weight excluding hydrogens is 526 g/mol. The molecule has 0 aromatic carbocycles. The van der Waals surface area contributed by atoms with Crippen LogP contribution >= 0.6 is 0 Å². The van der Waals surface area contributed by atoms with Crippen molar-refractivity contribution in [1.29, 1.82) is 0 Å². The maximum absolute atomic E-state index is 14.1. The maximum atomic E-state index is 14.1. The molecule has 1 aliphatic heterocycles. The summed E-state index contributed by atoms with van der Waals surface area (Å²) in [5, 5.41) is 18.7. The molecule has 3 aliphatic rings. The summed E-state index contributed by atoms with van der Waals surface area (Å²) in [6, 6.07) is -3.44. The lowest BCUT2D eigenvalue weighted by molar-refractivity contribution is -0.144. The molecule has 5 amide bonds. The number of primary amides is 1. The second-order valence-corrected chi connectivity index (χ2v) is 13.5. The number of amides is 5. The number of nitrogens with one attached hydrogen (secondary N) is 3. The number of Topliss-reactive ketones (excluding diaryl/α,β-unsaturated/α-hetero) is 1. The summed E-state index contributed by atoms with van der Waals surface area (Å²) in [7, 11) is 0. The number of hydrogen-bond acceptors (Lipinski definition) is 6. The number of hydrogen-bond donors (Lipinski definition) is 5. The third-order valence-corrected chi connectivity index (χ3v) is 8.83. The Balaban J connectivity index is 1.81. The summed E-state index contributed by atoms with van der Waals surface area (Å²) in [4.78, 5) is 66.8. The Kier molecular flexibility index (Phi) is 10.6. The fourth-order valence-electron chi connectivity index (χ4n) is 6.22. The lowest BCUT2D eigenvalue weighted by atomic mass is 9.84. The first kappa shape index (κ1) is 32.6. The number of rotatable bonds is 11. The average Bonchev–Trinajstić information content (AvgIpc) is 3.65. The second kappa shape index (κ2) is 13.4. The zero-order valence-corrected chi connectivity index (χ0v) is 25.2. The number of nitrogens with zero attached hydrogens (tertiary/aromatic N) is 1. The lowest BCUT2D eigenvalue weighted by Gasteiger charge is -2.38. The van der Waals surface area contributed by atoms with Gasteiger partial charge in [0.1, 0.15) is 12.1 Å². The van der Waals surface area contributed by atoms with Crippen molar-refractivity contribution in [2.24, 2.45) is 28.9 Å². The highest BCUT2D eigenvalue weighted by molar-refractivity contribution is 6.37. The van der Waals surface area contributed by atoms with E-state index in [1.165, 1.54) is 4.90 Å². The first-order valence-electron chi connectivity index (χ1n) is 15.0. The topological polar surface area (TPSA) is 171 Å². The van der Waals surface area contributed by atoms with Gasteiger partial charge >= 0.3 is 6.03 Å². The van der Waals surface area contributed by atoms with E-state index < -0.39 is 58.6 Å². The minimum Gasteiger partial charge on any atom is -0.394 e. The van der Waals surface area contributed by atoms with E-state index in [0.29, 0.717) is 25.8 Å². The number of carbonyl (C=O) groups excluding carboxylic acids is 5. The molecule has 11 heteroatoms. The van der Waals surface area contributed by atoms with E-state index in [1.54, 1.807) is 0 Å². The Bertz CT molecular complexity index is 1020. The van der Waals surface area contributed by atoms with Gasteiger partial charge in [-0.3, -0.25) is 19.2 Å². The number of aliphatic hydroxyl groups is 1. The molecular formula is C30H49N5O6. The Morgan fingerprint density at radius 3 is 2.12 bits per heavy atom. The molecule has 1 saturated carbocycles. The molecule has 0 aromatic heterocycles. The Morgan fingerprint density at radius 1 is 1.02 bits per heavy atom. The fourth-order valence-corrected chi connectivity index (χ4v) is 6.22. The van der Waals surface area contributed by atoms with Crippen LogP contribution in [-0.2, 0) is 19.2 Å². The first-order valence-corrected chi connectivity index (χ1v) is 15.0. The molecule has 1 saturated heterocycles. The van der Waals surface area contributed by atoms with Crippen LogP contribution in [0.4, 0.5) is 4.79 Å². The van der Waals surface area contributed by atoms with Gasteiger partial charge in [0.25, 0.3) is 5.91 Å². The SMILES string of the molecule is CC(C)[C@H]1CCN(C(=O)C(NC(=O)NC2(CO)CCCCCC2)C(C)(C)C)C1C(=O)NC(CC1C=C1)C(=O)C(N)=O. The highest BCUT2D eigenvalue weighted by atomic mass is 16.3. The van der Waals surface area contributed by atoms with Crippen LogP contribution in [0.3, 0.4) is 0 Å². The van der Waals surface area contributed by atoms with Crippen molar-refractivity contribution < 1.29 is 29.1 Å². The van der Waals surface area contributed by atoms with Gasteiger partial charge in [-0.1, -0.05) is 72.5 Å². The molecule has 2 aliphatic carbocycles. The third kappa shape index (κ3) is 8.30. The van der Waals surface area contributed by atoms with Crippen molar-refractivity contribution in [1.82, 2.24) is 20.9 Å². The summed E-state index contributed by atoms with van der Waals surface area (Å²) in [5.74, 6) is -3.00. The van der Waals surface area contributed by atoms with Crippen LogP contribution in [0.15, 0.2) is 12.2 Å². The van der Waals surface area contributed by atoms with Crippen LogP contribution in [0.2, 0.25) is 0 Å². The Labute approximate surface area is 243 Å². The quantitative estimate of drug-likeness (QED) is 0.143. The van der Waals surface area contributed by atoms with Gasteiger partial charge in [0.15, 0.2) is 0 Å². The third-order valence-electron chi connectivity index (χ3n) is 8.83. The van der Waals surface area contributed by atoms with E-state index in [-0.39, 0.29) is 30.8 Å². The molecule has 6 N–H and O–H groups in total. The normalized spacial score (nSPS) is 23.8. The highest BCUT2D eigenvalue weighted by Crippen LogP contribution is 2.34. The minimum absolute atomic E-state index is 0.00877. The van der Waals surface area contributed by atoms with Crippen molar-refractivity contribution in [3.8, 4) is 0 Å². The van der Waals surface area contributed by atoms with E-state index in [0.717, 1.165) is 25.7 Å². The van der Waals surface area contributed by atoms with Crippen LogP contribution in [-0.4, -0.2) is 76.4 Å². The molecule has 0 aromatic rings. The van der Waals surface area contributed by atoms with Gasteiger partial charge in [-0.25, -0.2) is 4.79 Å². The van der Waals surface area contributed by atoms with Crippen molar-refractivity contribution in [3.05, 3.63) is 12.2 Å². The Morgan fingerprint density at radius 2 is 1.63 bits per heavy atom. The number of allylic oxidation sites excluding steroid dienone is 2. The zero-order valence-electron chi connectivity index (χ0n) is 25.2. The van der Waals surface area contributed by atoms with Gasteiger partial charge < -0.3 is 31.7 Å². The molecule has 11 nitrogen and oxygen atoms in total.